The second kappa shape index (κ2) is 8.01. The molecule has 1 fully saturated rings. The number of halogens is 1. The number of piperidine rings is 1. The molecule has 2 aromatic carbocycles. The standard InChI is InChI=1S/C22H26BrNO2/c1-2-12-24-13-6-9-17-19(24)15-26-22-18(23)10-11-20(21(17)22)25-14-16-7-4-3-5-8-16/h3-5,7-8,10-11,17,19H,2,6,9,12-15H2,1H3/t17-,19+/m1/s1. The van der Waals surface area contributed by atoms with Gasteiger partial charge in [0.2, 0.25) is 0 Å². The van der Waals surface area contributed by atoms with Crippen molar-refractivity contribution in [3.05, 3.63) is 58.1 Å². The zero-order chi connectivity index (χ0) is 17.9. The van der Waals surface area contributed by atoms with Crippen LogP contribution in [0.2, 0.25) is 0 Å². The van der Waals surface area contributed by atoms with Crippen LogP contribution in [-0.2, 0) is 6.61 Å². The Labute approximate surface area is 164 Å². The van der Waals surface area contributed by atoms with Gasteiger partial charge in [-0.05, 0) is 66.0 Å². The van der Waals surface area contributed by atoms with E-state index in [0.29, 0.717) is 18.6 Å². The van der Waals surface area contributed by atoms with Crippen molar-refractivity contribution in [2.45, 2.75) is 44.8 Å². The minimum absolute atomic E-state index is 0.463. The van der Waals surface area contributed by atoms with Crippen LogP contribution in [-0.4, -0.2) is 30.6 Å². The first kappa shape index (κ1) is 17.9. The summed E-state index contributed by atoms with van der Waals surface area (Å²) in [4.78, 5) is 2.61. The maximum absolute atomic E-state index is 6.27. The molecule has 0 N–H and O–H groups in total. The summed E-state index contributed by atoms with van der Waals surface area (Å²) in [5.74, 6) is 2.44. The van der Waals surface area contributed by atoms with Crippen molar-refractivity contribution in [3.8, 4) is 11.5 Å². The first-order valence-corrected chi connectivity index (χ1v) is 10.4. The quantitative estimate of drug-likeness (QED) is 0.654. The normalized spacial score (nSPS) is 22.2. The molecular weight excluding hydrogens is 390 g/mol. The van der Waals surface area contributed by atoms with E-state index in [1.807, 2.05) is 12.1 Å². The maximum Gasteiger partial charge on any atom is 0.140 e. The molecule has 26 heavy (non-hydrogen) atoms. The minimum atomic E-state index is 0.463. The number of fused-ring (bicyclic) bond motifs is 3. The molecule has 4 heteroatoms. The topological polar surface area (TPSA) is 21.7 Å². The molecule has 0 aliphatic carbocycles. The van der Waals surface area contributed by atoms with Crippen molar-refractivity contribution in [1.29, 1.82) is 0 Å². The SMILES string of the molecule is CCCN1CCC[C@H]2c3c(OCc4ccccc4)ccc(Br)c3OC[C@@H]21. The molecule has 0 aromatic heterocycles. The third-order valence-electron chi connectivity index (χ3n) is 5.52. The van der Waals surface area contributed by atoms with E-state index in [4.69, 9.17) is 9.47 Å². The molecule has 2 atom stereocenters. The highest BCUT2D eigenvalue weighted by atomic mass is 79.9. The number of hydrogen-bond acceptors (Lipinski definition) is 3. The fourth-order valence-electron chi connectivity index (χ4n) is 4.33. The van der Waals surface area contributed by atoms with Gasteiger partial charge in [-0.1, -0.05) is 37.3 Å². The summed E-state index contributed by atoms with van der Waals surface area (Å²) in [6.07, 6.45) is 3.64. The third kappa shape index (κ3) is 3.49. The van der Waals surface area contributed by atoms with Gasteiger partial charge in [0, 0.05) is 11.5 Å². The summed E-state index contributed by atoms with van der Waals surface area (Å²) in [6.45, 7) is 5.95. The van der Waals surface area contributed by atoms with E-state index in [2.05, 4.69) is 58.1 Å². The van der Waals surface area contributed by atoms with Crippen molar-refractivity contribution < 1.29 is 9.47 Å². The van der Waals surface area contributed by atoms with E-state index < -0.39 is 0 Å². The van der Waals surface area contributed by atoms with Crippen LogP contribution >= 0.6 is 15.9 Å². The molecule has 2 heterocycles. The zero-order valence-electron chi connectivity index (χ0n) is 15.3. The Bertz CT molecular complexity index is 747. The summed E-state index contributed by atoms with van der Waals surface area (Å²) in [5.41, 5.74) is 2.45. The van der Waals surface area contributed by atoms with Gasteiger partial charge in [-0.3, -0.25) is 4.90 Å². The summed E-state index contributed by atoms with van der Waals surface area (Å²) >= 11 is 3.68. The lowest BCUT2D eigenvalue weighted by atomic mass is 9.81. The smallest absolute Gasteiger partial charge is 0.140 e. The summed E-state index contributed by atoms with van der Waals surface area (Å²) in [7, 11) is 0. The van der Waals surface area contributed by atoms with Gasteiger partial charge in [0.05, 0.1) is 10.5 Å². The number of rotatable bonds is 5. The molecule has 0 amide bonds. The fourth-order valence-corrected chi connectivity index (χ4v) is 4.79. The number of hydrogen-bond donors (Lipinski definition) is 0. The average Bonchev–Trinajstić information content (AvgIpc) is 2.68. The highest BCUT2D eigenvalue weighted by Gasteiger charge is 2.39. The molecule has 2 aliphatic heterocycles. The minimum Gasteiger partial charge on any atom is -0.490 e. The molecule has 4 rings (SSSR count). The van der Waals surface area contributed by atoms with Gasteiger partial charge in [-0.2, -0.15) is 0 Å². The van der Waals surface area contributed by atoms with Gasteiger partial charge >= 0.3 is 0 Å². The Morgan fingerprint density at radius 3 is 2.85 bits per heavy atom. The molecule has 0 unspecified atom stereocenters. The molecule has 0 spiro atoms. The fraction of sp³-hybridized carbons (Fsp3) is 0.455. The van der Waals surface area contributed by atoms with Crippen LogP contribution in [0.15, 0.2) is 46.9 Å². The Hall–Kier alpha value is -1.52. The molecule has 138 valence electrons. The Kier molecular flexibility index (Phi) is 5.51. The highest BCUT2D eigenvalue weighted by Crippen LogP contribution is 2.48. The predicted molar refractivity (Wildman–Crippen MR) is 108 cm³/mol. The lowest BCUT2D eigenvalue weighted by Crippen LogP contribution is -2.49. The lowest BCUT2D eigenvalue weighted by Gasteiger charge is -2.45. The van der Waals surface area contributed by atoms with Crippen LogP contribution in [0.1, 0.15) is 43.2 Å². The maximum atomic E-state index is 6.27. The van der Waals surface area contributed by atoms with Gasteiger partial charge in [0.15, 0.2) is 0 Å². The van der Waals surface area contributed by atoms with Crippen LogP contribution in [0.3, 0.4) is 0 Å². The molecule has 0 bridgehead atoms. The molecule has 2 aromatic rings. The summed E-state index contributed by atoms with van der Waals surface area (Å²) < 4.78 is 13.5. The molecule has 3 nitrogen and oxygen atoms in total. The predicted octanol–water partition coefficient (Wildman–Crippen LogP) is 5.38. The third-order valence-corrected chi connectivity index (χ3v) is 6.14. The molecule has 0 radical (unpaired) electrons. The first-order chi connectivity index (χ1) is 12.8. The molecular formula is C22H26BrNO2. The van der Waals surface area contributed by atoms with E-state index >= 15 is 0 Å². The van der Waals surface area contributed by atoms with Crippen molar-refractivity contribution in [2.24, 2.45) is 0 Å². The van der Waals surface area contributed by atoms with Gasteiger partial charge in [0.1, 0.15) is 24.7 Å². The van der Waals surface area contributed by atoms with Gasteiger partial charge < -0.3 is 9.47 Å². The molecule has 0 saturated carbocycles. The number of ether oxygens (including phenoxy) is 2. The van der Waals surface area contributed by atoms with Crippen molar-refractivity contribution in [2.75, 3.05) is 19.7 Å². The summed E-state index contributed by atoms with van der Waals surface area (Å²) in [6, 6.07) is 15.0. The van der Waals surface area contributed by atoms with E-state index in [-0.39, 0.29) is 0 Å². The Balaban J connectivity index is 1.63. The Morgan fingerprint density at radius 1 is 1.19 bits per heavy atom. The van der Waals surface area contributed by atoms with Crippen LogP contribution in [0.25, 0.3) is 0 Å². The second-order valence-corrected chi connectivity index (χ2v) is 8.08. The number of nitrogens with zero attached hydrogens (tertiary/aromatic N) is 1. The van der Waals surface area contributed by atoms with Crippen molar-refractivity contribution in [3.63, 3.8) is 0 Å². The molecule has 2 aliphatic rings. The average molecular weight is 416 g/mol. The Morgan fingerprint density at radius 2 is 2.04 bits per heavy atom. The van der Waals surface area contributed by atoms with E-state index in [1.54, 1.807) is 0 Å². The lowest BCUT2D eigenvalue weighted by molar-refractivity contribution is 0.0636. The molecule has 1 saturated heterocycles. The van der Waals surface area contributed by atoms with E-state index in [0.717, 1.165) is 29.1 Å². The van der Waals surface area contributed by atoms with E-state index in [1.165, 1.54) is 36.9 Å². The van der Waals surface area contributed by atoms with Crippen molar-refractivity contribution >= 4 is 15.9 Å². The van der Waals surface area contributed by atoms with Gasteiger partial charge in [-0.25, -0.2) is 0 Å². The zero-order valence-corrected chi connectivity index (χ0v) is 16.9. The second-order valence-electron chi connectivity index (χ2n) is 7.23. The van der Waals surface area contributed by atoms with Crippen LogP contribution < -0.4 is 9.47 Å². The van der Waals surface area contributed by atoms with Crippen LogP contribution in [0.5, 0.6) is 11.5 Å². The van der Waals surface area contributed by atoms with Crippen LogP contribution in [0, 0.1) is 0 Å². The summed E-state index contributed by atoms with van der Waals surface area (Å²) in [5, 5.41) is 0. The van der Waals surface area contributed by atoms with E-state index in [9.17, 15) is 0 Å². The largest absolute Gasteiger partial charge is 0.490 e. The van der Waals surface area contributed by atoms with Gasteiger partial charge in [-0.15, -0.1) is 0 Å². The first-order valence-electron chi connectivity index (χ1n) is 9.64. The monoisotopic (exact) mass is 415 g/mol. The van der Waals surface area contributed by atoms with Crippen LogP contribution in [0.4, 0.5) is 0 Å². The van der Waals surface area contributed by atoms with Gasteiger partial charge in [0.25, 0.3) is 0 Å². The highest BCUT2D eigenvalue weighted by molar-refractivity contribution is 9.10. The van der Waals surface area contributed by atoms with Crippen molar-refractivity contribution in [1.82, 2.24) is 4.90 Å². The number of likely N-dealkylation sites (tertiary alicyclic amines) is 1. The number of benzene rings is 2.